The normalized spacial score (nSPS) is 24.6. The van der Waals surface area contributed by atoms with Crippen molar-refractivity contribution < 1.29 is 14.3 Å². The summed E-state index contributed by atoms with van der Waals surface area (Å²) in [5.41, 5.74) is 3.43. The lowest BCUT2D eigenvalue weighted by molar-refractivity contribution is -0.116. The molecule has 7 nitrogen and oxygen atoms in total. The van der Waals surface area contributed by atoms with Gasteiger partial charge in [-0.15, -0.1) is 11.8 Å². The summed E-state index contributed by atoms with van der Waals surface area (Å²) in [5.74, 6) is 1.44. The summed E-state index contributed by atoms with van der Waals surface area (Å²) in [6, 6.07) is 15.4. The van der Waals surface area contributed by atoms with Crippen LogP contribution < -0.4 is 15.1 Å². The van der Waals surface area contributed by atoms with E-state index in [2.05, 4.69) is 34.5 Å². The first-order chi connectivity index (χ1) is 18.8. The molecular weight excluding hydrogens is 530 g/mol. The van der Waals surface area contributed by atoms with Crippen molar-refractivity contribution in [2.24, 2.45) is 17.8 Å². The molecule has 6 rings (SSSR count). The molecule has 0 saturated heterocycles. The summed E-state index contributed by atoms with van der Waals surface area (Å²) in [6.07, 6.45) is 3.81. The molecule has 1 N–H and O–H groups in total. The van der Waals surface area contributed by atoms with E-state index in [4.69, 9.17) is 4.74 Å². The zero-order valence-corrected chi connectivity index (χ0v) is 24.0. The van der Waals surface area contributed by atoms with Gasteiger partial charge >= 0.3 is 10.8 Å². The van der Waals surface area contributed by atoms with Crippen LogP contribution in [0.15, 0.2) is 58.4 Å². The number of nitrogens with zero attached hydrogens (tertiary/aromatic N) is 2. The van der Waals surface area contributed by atoms with Crippen molar-refractivity contribution in [1.82, 2.24) is 4.57 Å². The Morgan fingerprint density at radius 1 is 1.05 bits per heavy atom. The van der Waals surface area contributed by atoms with Gasteiger partial charge < -0.3 is 15.0 Å². The van der Waals surface area contributed by atoms with Gasteiger partial charge in [-0.3, -0.25) is 14.2 Å². The highest BCUT2D eigenvalue weighted by molar-refractivity contribution is 8.00. The van der Waals surface area contributed by atoms with Gasteiger partial charge in [-0.05, 0) is 85.9 Å². The molecule has 1 aromatic heterocycles. The second kappa shape index (κ2) is 10.5. The van der Waals surface area contributed by atoms with E-state index in [-0.39, 0.29) is 23.2 Å². The van der Waals surface area contributed by atoms with Crippen molar-refractivity contribution in [3.8, 4) is 0 Å². The summed E-state index contributed by atoms with van der Waals surface area (Å²) in [7, 11) is 4.09. The van der Waals surface area contributed by atoms with E-state index in [9.17, 15) is 14.4 Å². The minimum absolute atomic E-state index is 0.0327. The second-order valence-corrected chi connectivity index (χ2v) is 13.1. The van der Waals surface area contributed by atoms with Gasteiger partial charge in [-0.2, -0.15) is 0 Å². The largest absolute Gasteiger partial charge is 0.462 e. The third-order valence-corrected chi connectivity index (χ3v) is 11.3. The van der Waals surface area contributed by atoms with Crippen molar-refractivity contribution in [3.05, 3.63) is 74.2 Å². The smallest absolute Gasteiger partial charge is 0.338 e. The Morgan fingerprint density at radius 3 is 2.46 bits per heavy atom. The summed E-state index contributed by atoms with van der Waals surface area (Å²) in [5, 5.41) is 4.33. The molecule has 3 aliphatic rings. The van der Waals surface area contributed by atoms with Gasteiger partial charge in [0.05, 0.1) is 17.2 Å². The zero-order valence-electron chi connectivity index (χ0n) is 22.4. The quantitative estimate of drug-likeness (QED) is 0.386. The number of carbonyl (C=O) groups is 2. The van der Waals surface area contributed by atoms with Gasteiger partial charge in [0, 0.05) is 41.5 Å². The number of ether oxygens (including phenoxy) is 1. The first kappa shape index (κ1) is 26.2. The Morgan fingerprint density at radius 2 is 1.77 bits per heavy atom. The van der Waals surface area contributed by atoms with Gasteiger partial charge in [0.25, 0.3) is 0 Å². The number of nitrogens with one attached hydrogen (secondary N) is 1. The third kappa shape index (κ3) is 4.80. The molecule has 1 amide bonds. The van der Waals surface area contributed by atoms with Crippen LogP contribution >= 0.6 is 23.1 Å². The monoisotopic (exact) mass is 563 g/mol. The van der Waals surface area contributed by atoms with Crippen LogP contribution in [-0.4, -0.2) is 42.4 Å². The van der Waals surface area contributed by atoms with Crippen LogP contribution in [0, 0.1) is 17.8 Å². The molecule has 9 heteroatoms. The number of carbonyl (C=O) groups excluding carboxylic acids is 2. The molecule has 0 spiro atoms. The number of thioether (sulfide) groups is 1. The van der Waals surface area contributed by atoms with Gasteiger partial charge in [0.15, 0.2) is 0 Å². The lowest BCUT2D eigenvalue weighted by atomic mass is 9.75. The van der Waals surface area contributed by atoms with Crippen molar-refractivity contribution in [3.63, 3.8) is 0 Å². The second-order valence-electron chi connectivity index (χ2n) is 10.9. The van der Waals surface area contributed by atoms with E-state index < -0.39 is 5.97 Å². The summed E-state index contributed by atoms with van der Waals surface area (Å²) in [6.45, 7) is 2.03. The Labute approximate surface area is 236 Å². The van der Waals surface area contributed by atoms with E-state index >= 15 is 0 Å². The van der Waals surface area contributed by atoms with Crippen molar-refractivity contribution in [2.45, 2.75) is 48.9 Å². The number of fused-ring (bicyclic) bond motifs is 6. The Balaban J connectivity index is 1.27. The van der Waals surface area contributed by atoms with Crippen LogP contribution in [0.25, 0.3) is 0 Å². The maximum absolute atomic E-state index is 13.3. The van der Waals surface area contributed by atoms with E-state index in [1.54, 1.807) is 35.8 Å². The third-order valence-electron chi connectivity index (χ3n) is 8.44. The number of thiazole rings is 1. The van der Waals surface area contributed by atoms with E-state index in [1.807, 2.05) is 25.9 Å². The summed E-state index contributed by atoms with van der Waals surface area (Å²) < 4.78 is 6.70. The number of rotatable bonds is 7. The number of amides is 1. The molecule has 3 aromatic rings. The molecule has 2 fully saturated rings. The predicted octanol–water partition coefficient (Wildman–Crippen LogP) is 5.44. The lowest BCUT2D eigenvalue weighted by Gasteiger charge is -2.40. The highest BCUT2D eigenvalue weighted by atomic mass is 32.2. The molecule has 2 aliphatic carbocycles. The van der Waals surface area contributed by atoms with Crippen LogP contribution in [0.3, 0.4) is 0 Å². The molecule has 39 heavy (non-hydrogen) atoms. The maximum atomic E-state index is 13.3. The molecule has 4 unspecified atom stereocenters. The number of esters is 1. The van der Waals surface area contributed by atoms with Gasteiger partial charge in [-0.1, -0.05) is 23.5 Å². The molecule has 0 radical (unpaired) electrons. The van der Waals surface area contributed by atoms with Crippen LogP contribution in [-0.2, 0) is 16.1 Å². The van der Waals surface area contributed by atoms with E-state index in [1.165, 1.54) is 36.2 Å². The Hall–Kier alpha value is -3.04. The fraction of sp³-hybridized carbons (Fsp3) is 0.433. The first-order valence-corrected chi connectivity index (χ1v) is 15.3. The molecule has 2 aromatic carbocycles. The predicted molar refractivity (Wildman–Crippen MR) is 156 cm³/mol. The number of hydrogen-bond acceptors (Lipinski definition) is 7. The lowest BCUT2D eigenvalue weighted by Crippen LogP contribution is -2.34. The Kier molecular flexibility index (Phi) is 7.05. The number of hydrogen-bond donors (Lipinski definition) is 1. The minimum Gasteiger partial charge on any atom is -0.462 e. The average Bonchev–Trinajstić information content (AvgIpc) is 3.62. The van der Waals surface area contributed by atoms with Crippen LogP contribution in [0.1, 0.15) is 52.9 Å². The van der Waals surface area contributed by atoms with Gasteiger partial charge in [0.2, 0.25) is 5.91 Å². The highest BCUT2D eigenvalue weighted by Gasteiger charge is 2.55. The van der Waals surface area contributed by atoms with E-state index in [0.717, 1.165) is 15.6 Å². The molecule has 204 valence electrons. The topological polar surface area (TPSA) is 80.6 Å². The first-order valence-electron chi connectivity index (χ1n) is 13.6. The van der Waals surface area contributed by atoms with Gasteiger partial charge in [-0.25, -0.2) is 4.79 Å². The maximum Gasteiger partial charge on any atom is 0.338 e. The number of anilines is 2. The Bertz CT molecular complexity index is 1440. The van der Waals surface area contributed by atoms with Gasteiger partial charge in [0.1, 0.15) is 6.54 Å². The standard InChI is InChI=1S/C30H33N3O4S2/c1-4-37-29(35)18-7-11-21(12-8-18)31-23(34)16-33-28-27(39-30(33)36)24(17-9-13-22(14-10-17)32(2)3)25-19-5-6-20(15-19)26(25)38-28/h7-14,19-20,24-26H,4-6,15-16H2,1-3H3,(H,31,34)/t19?,20?,24-,25?,26?/m1/s1. The molecule has 5 atom stereocenters. The minimum atomic E-state index is -0.395. The molecular formula is C30H33N3O4S2. The van der Waals surface area contributed by atoms with Crippen molar-refractivity contribution in [2.75, 3.05) is 30.9 Å². The molecule has 1 aliphatic heterocycles. The van der Waals surface area contributed by atoms with E-state index in [0.29, 0.717) is 40.9 Å². The van der Waals surface area contributed by atoms with Crippen LogP contribution in [0.2, 0.25) is 0 Å². The molecule has 2 bridgehead atoms. The van der Waals surface area contributed by atoms with Crippen LogP contribution in [0.5, 0.6) is 0 Å². The highest BCUT2D eigenvalue weighted by Crippen LogP contribution is 2.64. The number of aromatic nitrogens is 1. The zero-order chi connectivity index (χ0) is 27.3. The molecule has 2 heterocycles. The number of benzene rings is 2. The fourth-order valence-electron chi connectivity index (χ4n) is 6.69. The summed E-state index contributed by atoms with van der Waals surface area (Å²) >= 11 is 3.15. The average molecular weight is 564 g/mol. The fourth-order valence-corrected chi connectivity index (χ4v) is 9.84. The molecule has 2 saturated carbocycles. The van der Waals surface area contributed by atoms with Crippen molar-refractivity contribution in [1.29, 1.82) is 0 Å². The van der Waals surface area contributed by atoms with Crippen LogP contribution in [0.4, 0.5) is 11.4 Å². The summed E-state index contributed by atoms with van der Waals surface area (Å²) in [4.78, 5) is 41.4. The SMILES string of the molecule is CCOC(=O)c1ccc(NC(=O)Cn2c3c(sc2=O)[C@H](c2ccc(N(C)C)cc2)C2C4CCC(C4)C2S3)cc1. The van der Waals surface area contributed by atoms with Crippen molar-refractivity contribution >= 4 is 46.3 Å².